The third-order valence-electron chi connectivity index (χ3n) is 3.97. The minimum atomic E-state index is 0.227. The Balaban J connectivity index is 1.93. The van der Waals surface area contributed by atoms with Crippen LogP contribution in [0.5, 0.6) is 0 Å². The number of thiazole rings is 1. The van der Waals surface area contributed by atoms with Gasteiger partial charge >= 0.3 is 0 Å². The number of aryl methyl sites for hydroxylation is 2. The zero-order valence-corrected chi connectivity index (χ0v) is 15.3. The van der Waals surface area contributed by atoms with Crippen LogP contribution in [0.4, 0.5) is 0 Å². The average molecular weight is 337 g/mol. The molecule has 1 unspecified atom stereocenters. The van der Waals surface area contributed by atoms with E-state index in [-0.39, 0.29) is 11.9 Å². The normalized spacial score (nSPS) is 18.3. The second-order valence-corrected chi connectivity index (χ2v) is 7.06. The Labute approximate surface area is 142 Å². The van der Waals surface area contributed by atoms with E-state index < -0.39 is 0 Å². The molecular formula is C16H27N5OS. The summed E-state index contributed by atoms with van der Waals surface area (Å²) in [4.78, 5) is 24.1. The molecule has 1 aliphatic heterocycles. The van der Waals surface area contributed by atoms with Crippen molar-refractivity contribution in [1.82, 2.24) is 20.5 Å². The van der Waals surface area contributed by atoms with Crippen LogP contribution in [0, 0.1) is 13.8 Å². The third-order valence-corrected chi connectivity index (χ3v) is 5.03. The molecule has 0 radical (unpaired) electrons. The predicted octanol–water partition coefficient (Wildman–Crippen LogP) is 1.83. The van der Waals surface area contributed by atoms with E-state index in [1.54, 1.807) is 11.3 Å². The van der Waals surface area contributed by atoms with Gasteiger partial charge in [-0.15, -0.1) is 11.3 Å². The van der Waals surface area contributed by atoms with Crippen molar-refractivity contribution in [1.29, 1.82) is 0 Å². The number of guanidine groups is 1. The van der Waals surface area contributed by atoms with E-state index in [1.165, 1.54) is 4.88 Å². The van der Waals surface area contributed by atoms with Gasteiger partial charge < -0.3 is 15.5 Å². The molecular weight excluding hydrogens is 310 g/mol. The first kappa shape index (κ1) is 17.7. The molecule has 0 saturated carbocycles. The summed E-state index contributed by atoms with van der Waals surface area (Å²) in [5, 5.41) is 7.74. The summed E-state index contributed by atoms with van der Waals surface area (Å²) < 4.78 is 0. The largest absolute Gasteiger partial charge is 0.357 e. The summed E-state index contributed by atoms with van der Waals surface area (Å²) in [6.07, 6.45) is 1.54. The number of aliphatic imine (C=N–C) groups is 1. The molecule has 128 valence electrons. The molecule has 1 amide bonds. The highest BCUT2D eigenvalue weighted by atomic mass is 32.1. The summed E-state index contributed by atoms with van der Waals surface area (Å²) in [6.45, 7) is 11.1. The molecule has 2 rings (SSSR count). The standard InChI is InChI=1S/C16H27N5OS/c1-5-15(22)21-8-7-13(10-21)20-16(17-6-2)18-9-14-19-11(3)12(4)23-14/h13H,5-10H2,1-4H3,(H2,17,18,20). The number of amides is 1. The van der Waals surface area contributed by atoms with Gasteiger partial charge in [-0.05, 0) is 27.2 Å². The van der Waals surface area contributed by atoms with Crippen LogP contribution < -0.4 is 10.6 Å². The molecule has 1 aromatic rings. The molecule has 23 heavy (non-hydrogen) atoms. The van der Waals surface area contributed by atoms with Crippen molar-refractivity contribution in [2.75, 3.05) is 19.6 Å². The molecule has 1 aromatic heterocycles. The highest BCUT2D eigenvalue weighted by molar-refractivity contribution is 7.11. The van der Waals surface area contributed by atoms with Gasteiger partial charge in [0, 0.05) is 37.0 Å². The Hall–Kier alpha value is -1.63. The van der Waals surface area contributed by atoms with Crippen molar-refractivity contribution >= 4 is 23.2 Å². The first-order valence-electron chi connectivity index (χ1n) is 8.29. The van der Waals surface area contributed by atoms with Gasteiger partial charge in [-0.1, -0.05) is 6.92 Å². The predicted molar refractivity (Wildman–Crippen MR) is 94.8 cm³/mol. The molecule has 2 heterocycles. The highest BCUT2D eigenvalue weighted by Gasteiger charge is 2.25. The zero-order chi connectivity index (χ0) is 16.8. The molecule has 1 atom stereocenters. The number of aromatic nitrogens is 1. The second-order valence-electron chi connectivity index (χ2n) is 5.77. The number of carbonyl (C=O) groups is 1. The van der Waals surface area contributed by atoms with E-state index in [1.807, 2.05) is 18.7 Å². The van der Waals surface area contributed by atoms with Crippen LogP contribution in [0.15, 0.2) is 4.99 Å². The summed E-state index contributed by atoms with van der Waals surface area (Å²) >= 11 is 1.70. The molecule has 0 aromatic carbocycles. The van der Waals surface area contributed by atoms with Gasteiger partial charge in [-0.3, -0.25) is 4.79 Å². The molecule has 7 heteroatoms. The van der Waals surface area contributed by atoms with Gasteiger partial charge in [0.15, 0.2) is 5.96 Å². The molecule has 1 aliphatic rings. The first-order valence-corrected chi connectivity index (χ1v) is 9.10. The summed E-state index contributed by atoms with van der Waals surface area (Å²) in [6, 6.07) is 0.267. The van der Waals surface area contributed by atoms with E-state index in [9.17, 15) is 4.79 Å². The van der Waals surface area contributed by atoms with Crippen LogP contribution >= 0.6 is 11.3 Å². The number of nitrogens with one attached hydrogen (secondary N) is 2. The van der Waals surface area contributed by atoms with E-state index in [0.29, 0.717) is 13.0 Å². The van der Waals surface area contributed by atoms with Crippen molar-refractivity contribution in [3.05, 3.63) is 15.6 Å². The minimum Gasteiger partial charge on any atom is -0.357 e. The van der Waals surface area contributed by atoms with E-state index in [4.69, 9.17) is 0 Å². The van der Waals surface area contributed by atoms with Gasteiger partial charge in [0.05, 0.1) is 12.2 Å². The fraction of sp³-hybridized carbons (Fsp3) is 0.688. The van der Waals surface area contributed by atoms with Gasteiger partial charge in [-0.2, -0.15) is 0 Å². The van der Waals surface area contributed by atoms with Crippen molar-refractivity contribution in [2.45, 2.75) is 53.1 Å². The van der Waals surface area contributed by atoms with E-state index in [2.05, 4.69) is 34.5 Å². The van der Waals surface area contributed by atoms with Crippen molar-refractivity contribution in [2.24, 2.45) is 4.99 Å². The van der Waals surface area contributed by atoms with Gasteiger partial charge in [-0.25, -0.2) is 9.98 Å². The number of carbonyl (C=O) groups excluding carboxylic acids is 1. The Morgan fingerprint density at radius 1 is 1.43 bits per heavy atom. The smallest absolute Gasteiger partial charge is 0.222 e. The van der Waals surface area contributed by atoms with Crippen LogP contribution in [-0.4, -0.2) is 47.4 Å². The Kier molecular flexibility index (Phi) is 6.38. The maximum Gasteiger partial charge on any atom is 0.222 e. The first-order chi connectivity index (χ1) is 11.0. The number of likely N-dealkylation sites (tertiary alicyclic amines) is 1. The van der Waals surface area contributed by atoms with Gasteiger partial charge in [0.25, 0.3) is 0 Å². The molecule has 0 aliphatic carbocycles. The fourth-order valence-electron chi connectivity index (χ4n) is 2.60. The minimum absolute atomic E-state index is 0.227. The summed E-state index contributed by atoms with van der Waals surface area (Å²) in [5.74, 6) is 1.03. The second kappa shape index (κ2) is 8.29. The van der Waals surface area contributed by atoms with E-state index >= 15 is 0 Å². The number of hydrogen-bond donors (Lipinski definition) is 2. The molecule has 1 fully saturated rings. The molecule has 2 N–H and O–H groups in total. The number of hydrogen-bond acceptors (Lipinski definition) is 4. The number of nitrogens with zero attached hydrogens (tertiary/aromatic N) is 3. The molecule has 0 bridgehead atoms. The van der Waals surface area contributed by atoms with Gasteiger partial charge in [0.2, 0.25) is 5.91 Å². The van der Waals surface area contributed by atoms with E-state index in [0.717, 1.165) is 42.7 Å². The number of rotatable bonds is 5. The van der Waals surface area contributed by atoms with Crippen molar-refractivity contribution < 1.29 is 4.79 Å². The fourth-order valence-corrected chi connectivity index (χ4v) is 3.45. The van der Waals surface area contributed by atoms with Crippen LogP contribution in [0.25, 0.3) is 0 Å². The SMILES string of the molecule is CCNC(=NCc1nc(C)c(C)s1)NC1CCN(C(=O)CC)C1. The lowest BCUT2D eigenvalue weighted by molar-refractivity contribution is -0.129. The summed E-state index contributed by atoms with van der Waals surface area (Å²) in [7, 11) is 0. The maximum atomic E-state index is 11.8. The topological polar surface area (TPSA) is 69.6 Å². The average Bonchev–Trinajstić information content (AvgIpc) is 3.11. The molecule has 1 saturated heterocycles. The van der Waals surface area contributed by atoms with Crippen LogP contribution in [0.1, 0.15) is 42.3 Å². The van der Waals surface area contributed by atoms with Crippen LogP contribution in [0.2, 0.25) is 0 Å². The van der Waals surface area contributed by atoms with Crippen molar-refractivity contribution in [3.8, 4) is 0 Å². The summed E-state index contributed by atoms with van der Waals surface area (Å²) in [5.41, 5.74) is 1.09. The quantitative estimate of drug-likeness (QED) is 0.635. The lowest BCUT2D eigenvalue weighted by Gasteiger charge is -2.18. The Bertz CT molecular complexity index is 549. The highest BCUT2D eigenvalue weighted by Crippen LogP contribution is 2.17. The lowest BCUT2D eigenvalue weighted by Crippen LogP contribution is -2.45. The lowest BCUT2D eigenvalue weighted by atomic mass is 10.3. The Morgan fingerprint density at radius 3 is 2.83 bits per heavy atom. The molecule has 6 nitrogen and oxygen atoms in total. The van der Waals surface area contributed by atoms with Crippen molar-refractivity contribution in [3.63, 3.8) is 0 Å². The Morgan fingerprint density at radius 2 is 2.22 bits per heavy atom. The zero-order valence-electron chi connectivity index (χ0n) is 14.5. The van der Waals surface area contributed by atoms with Crippen LogP contribution in [0.3, 0.4) is 0 Å². The monoisotopic (exact) mass is 337 g/mol. The maximum absolute atomic E-state index is 11.8. The van der Waals surface area contributed by atoms with Gasteiger partial charge in [0.1, 0.15) is 5.01 Å². The van der Waals surface area contributed by atoms with Crippen LogP contribution in [-0.2, 0) is 11.3 Å². The molecule has 0 spiro atoms. The third kappa shape index (κ3) is 4.92.